The van der Waals surface area contributed by atoms with Crippen LogP contribution >= 0.6 is 0 Å². The van der Waals surface area contributed by atoms with Crippen LogP contribution in [-0.2, 0) is 14.2 Å². The molecule has 0 radical (unpaired) electrons. The van der Waals surface area contributed by atoms with Crippen molar-refractivity contribution in [2.45, 2.75) is 89.4 Å². The maximum atomic E-state index is 12.7. The monoisotopic (exact) mass is 464 g/mol. The van der Waals surface area contributed by atoms with E-state index in [0.29, 0.717) is 13.0 Å². The first-order valence-electron chi connectivity index (χ1n) is 11.6. The number of carbonyl (C=O) groups is 1. The maximum absolute atomic E-state index is 12.7. The molecule has 1 saturated carbocycles. The van der Waals surface area contributed by atoms with Crippen molar-refractivity contribution in [3.8, 4) is 0 Å². The molecule has 4 rings (SSSR count). The normalized spacial score (nSPS) is 36.0. The number of ether oxygens (including phenoxy) is 3. The smallest absolute Gasteiger partial charge is 0.408 e. The Hall–Kier alpha value is -2.17. The van der Waals surface area contributed by atoms with Gasteiger partial charge in [-0.2, -0.15) is 0 Å². The first-order valence-corrected chi connectivity index (χ1v) is 11.6. The number of rotatable bonds is 8. The fourth-order valence-corrected chi connectivity index (χ4v) is 5.82. The standard InChI is InChI=1S/C23H36N4O6/c1-12(2)7-8-15-22(5,33-15)18-17(30-6)14(9-10-23(18)11-31-23)27(21(28)29)16(13(3)4)19-25-26-20(24)32-19/h7,13-18H,8-11H2,1-6H3,(H2,24,26)(H,28,29)/t14-,15-,16+,17-,18-,22+,23+/m1/s1. The van der Waals surface area contributed by atoms with Gasteiger partial charge in [0.15, 0.2) is 0 Å². The van der Waals surface area contributed by atoms with E-state index in [-0.39, 0.29) is 35.4 Å². The second-order valence-corrected chi connectivity index (χ2v) is 10.3. The van der Waals surface area contributed by atoms with Gasteiger partial charge in [-0.3, -0.25) is 4.90 Å². The zero-order valence-electron chi connectivity index (χ0n) is 20.3. The fraction of sp³-hybridized carbons (Fsp3) is 0.783. The Balaban J connectivity index is 1.68. The van der Waals surface area contributed by atoms with Crippen molar-refractivity contribution >= 4 is 12.1 Å². The van der Waals surface area contributed by atoms with Crippen molar-refractivity contribution in [2.75, 3.05) is 19.5 Å². The van der Waals surface area contributed by atoms with Gasteiger partial charge >= 0.3 is 12.1 Å². The predicted molar refractivity (Wildman–Crippen MR) is 119 cm³/mol. The van der Waals surface area contributed by atoms with Crippen LogP contribution in [0.2, 0.25) is 0 Å². The second kappa shape index (κ2) is 8.56. The van der Waals surface area contributed by atoms with Gasteiger partial charge in [-0.1, -0.05) is 30.6 Å². The van der Waals surface area contributed by atoms with Gasteiger partial charge in [0.2, 0.25) is 5.89 Å². The molecule has 1 aromatic heterocycles. The van der Waals surface area contributed by atoms with E-state index in [2.05, 4.69) is 37.0 Å². The van der Waals surface area contributed by atoms with E-state index in [9.17, 15) is 9.90 Å². The Morgan fingerprint density at radius 3 is 2.58 bits per heavy atom. The van der Waals surface area contributed by atoms with Crippen LogP contribution in [0.1, 0.15) is 65.8 Å². The van der Waals surface area contributed by atoms with Crippen LogP contribution in [0.4, 0.5) is 10.8 Å². The van der Waals surface area contributed by atoms with Crippen molar-refractivity contribution in [1.29, 1.82) is 0 Å². The third kappa shape index (κ3) is 4.24. The highest BCUT2D eigenvalue weighted by Gasteiger charge is 2.72. The minimum Gasteiger partial charge on any atom is -0.465 e. The van der Waals surface area contributed by atoms with Gasteiger partial charge in [0.1, 0.15) is 11.6 Å². The maximum Gasteiger partial charge on any atom is 0.408 e. The van der Waals surface area contributed by atoms with Crippen molar-refractivity contribution in [3.05, 3.63) is 17.5 Å². The highest BCUT2D eigenvalue weighted by atomic mass is 16.6. The number of nitrogens with zero attached hydrogens (tertiary/aromatic N) is 3. The van der Waals surface area contributed by atoms with Gasteiger partial charge < -0.3 is 29.5 Å². The van der Waals surface area contributed by atoms with Crippen molar-refractivity contribution in [3.63, 3.8) is 0 Å². The van der Waals surface area contributed by atoms with Gasteiger partial charge in [-0.05, 0) is 46.0 Å². The molecule has 2 saturated heterocycles. The third-order valence-corrected chi connectivity index (χ3v) is 7.48. The lowest BCUT2D eigenvalue weighted by Crippen LogP contribution is -2.61. The summed E-state index contributed by atoms with van der Waals surface area (Å²) in [6, 6.07) is -1.17. The van der Waals surface area contributed by atoms with Crippen molar-refractivity contribution < 1.29 is 28.5 Å². The first kappa shape index (κ1) is 24.0. The van der Waals surface area contributed by atoms with Crippen LogP contribution in [-0.4, -0.2) is 69.5 Å². The molecule has 184 valence electrons. The molecule has 0 aromatic carbocycles. The van der Waals surface area contributed by atoms with E-state index in [1.165, 1.54) is 10.5 Å². The van der Waals surface area contributed by atoms with Gasteiger partial charge in [0.25, 0.3) is 0 Å². The number of hydrogen-bond acceptors (Lipinski definition) is 8. The molecule has 3 N–H and O–H groups in total. The summed E-state index contributed by atoms with van der Waals surface area (Å²) in [4.78, 5) is 14.1. The molecule has 7 atom stereocenters. The summed E-state index contributed by atoms with van der Waals surface area (Å²) >= 11 is 0. The molecule has 10 heteroatoms. The molecule has 2 aliphatic heterocycles. The Morgan fingerprint density at radius 1 is 1.39 bits per heavy atom. The van der Waals surface area contributed by atoms with E-state index >= 15 is 0 Å². The molecule has 3 aliphatic rings. The average Bonchev–Trinajstić information content (AvgIpc) is 3.60. The second-order valence-electron chi connectivity index (χ2n) is 10.3. The van der Waals surface area contributed by atoms with Crippen LogP contribution < -0.4 is 5.73 Å². The lowest BCUT2D eigenvalue weighted by atomic mass is 9.67. The van der Waals surface area contributed by atoms with E-state index in [0.717, 1.165) is 12.8 Å². The molecular weight excluding hydrogens is 428 g/mol. The van der Waals surface area contributed by atoms with Gasteiger partial charge in [-0.15, -0.1) is 5.10 Å². The summed E-state index contributed by atoms with van der Waals surface area (Å²) in [6.45, 7) is 10.7. The van der Waals surface area contributed by atoms with Crippen LogP contribution in [0.15, 0.2) is 16.1 Å². The molecule has 1 aromatic rings. The van der Waals surface area contributed by atoms with Crippen LogP contribution in [0.3, 0.4) is 0 Å². The number of hydrogen-bond donors (Lipinski definition) is 2. The lowest BCUT2D eigenvalue weighted by molar-refractivity contribution is -0.103. The molecular formula is C23H36N4O6. The fourth-order valence-electron chi connectivity index (χ4n) is 5.82. The molecule has 10 nitrogen and oxygen atoms in total. The van der Waals surface area contributed by atoms with E-state index in [4.69, 9.17) is 24.4 Å². The minimum atomic E-state index is -1.06. The molecule has 33 heavy (non-hydrogen) atoms. The van der Waals surface area contributed by atoms with Gasteiger partial charge in [-0.25, -0.2) is 4.79 Å². The lowest BCUT2D eigenvalue weighted by Gasteiger charge is -2.48. The molecule has 1 spiro atoms. The van der Waals surface area contributed by atoms with E-state index < -0.39 is 29.9 Å². The van der Waals surface area contributed by atoms with Crippen LogP contribution in [0.25, 0.3) is 0 Å². The number of epoxide rings is 2. The van der Waals surface area contributed by atoms with E-state index in [1.54, 1.807) is 7.11 Å². The highest BCUT2D eigenvalue weighted by Crippen LogP contribution is 2.60. The first-order chi connectivity index (χ1) is 15.5. The highest BCUT2D eigenvalue weighted by molar-refractivity contribution is 5.66. The molecule has 3 heterocycles. The third-order valence-electron chi connectivity index (χ3n) is 7.48. The number of nitrogens with two attached hydrogens (primary N) is 1. The number of allylic oxidation sites excluding steroid dienone is 1. The molecule has 3 fully saturated rings. The summed E-state index contributed by atoms with van der Waals surface area (Å²) in [6.07, 6.45) is 2.89. The summed E-state index contributed by atoms with van der Waals surface area (Å²) < 4.78 is 23.8. The number of nitrogen functional groups attached to an aromatic ring is 1. The topological polar surface area (TPSA) is 140 Å². The molecule has 1 aliphatic carbocycles. The Bertz CT molecular complexity index is 909. The number of anilines is 1. The number of carboxylic acid groups (broad SMARTS) is 1. The number of amides is 1. The Morgan fingerprint density at radius 2 is 2.09 bits per heavy atom. The Labute approximate surface area is 194 Å². The summed E-state index contributed by atoms with van der Waals surface area (Å²) in [5.74, 6) is -0.0375. The van der Waals surface area contributed by atoms with Crippen molar-refractivity contribution in [1.82, 2.24) is 15.1 Å². The zero-order valence-corrected chi connectivity index (χ0v) is 20.3. The largest absolute Gasteiger partial charge is 0.465 e. The van der Waals surface area contributed by atoms with Gasteiger partial charge in [0, 0.05) is 13.0 Å². The van der Waals surface area contributed by atoms with Crippen molar-refractivity contribution in [2.24, 2.45) is 11.8 Å². The Kier molecular flexibility index (Phi) is 6.22. The predicted octanol–water partition coefficient (Wildman–Crippen LogP) is 3.41. The average molecular weight is 465 g/mol. The minimum absolute atomic E-state index is 0.0461. The summed E-state index contributed by atoms with van der Waals surface area (Å²) in [5, 5.41) is 18.1. The van der Waals surface area contributed by atoms with E-state index in [1.807, 2.05) is 13.8 Å². The van der Waals surface area contributed by atoms with Crippen LogP contribution in [0.5, 0.6) is 0 Å². The number of aromatic nitrogens is 2. The van der Waals surface area contributed by atoms with Crippen LogP contribution in [0, 0.1) is 11.8 Å². The molecule has 0 bridgehead atoms. The SMILES string of the molecule is CO[C@@H]1[C@H](N(C(=O)O)[C@H](c2nnc(N)o2)C(C)C)CC[C@]2(CO2)[C@H]1[C@@]1(C)O[C@@H]1CC=C(C)C. The quantitative estimate of drug-likeness (QED) is 0.437. The summed E-state index contributed by atoms with van der Waals surface area (Å²) in [5.41, 5.74) is 6.11. The molecule has 0 unspecified atom stereocenters. The zero-order chi connectivity index (χ0) is 24.1. The number of methoxy groups -OCH3 is 1. The summed E-state index contributed by atoms with van der Waals surface area (Å²) in [7, 11) is 1.64. The molecule has 1 amide bonds. The van der Waals surface area contributed by atoms with Gasteiger partial charge in [0.05, 0.1) is 30.5 Å².